The van der Waals surface area contributed by atoms with Gasteiger partial charge in [0.15, 0.2) is 0 Å². The van der Waals surface area contributed by atoms with E-state index in [1.807, 2.05) is 85.6 Å². The van der Waals surface area contributed by atoms with Crippen LogP contribution >= 0.6 is 0 Å². The number of ether oxygens (including phenoxy) is 1. The molecule has 0 N–H and O–H groups in total. The van der Waals surface area contributed by atoms with Crippen molar-refractivity contribution in [2.45, 2.75) is 35.1 Å². The summed E-state index contributed by atoms with van der Waals surface area (Å²) in [4.78, 5) is 0. The summed E-state index contributed by atoms with van der Waals surface area (Å²) in [7, 11) is 0. The van der Waals surface area contributed by atoms with Gasteiger partial charge in [0.25, 0.3) is 0 Å². The topological polar surface area (TPSA) is 44.9 Å². The summed E-state index contributed by atoms with van der Waals surface area (Å²) < 4.78 is 9.72. The molecule has 0 saturated heterocycles. The molecule has 0 bridgehead atoms. The number of nitrogens with zero attached hydrogens (tertiary/aromatic N) is 4. The van der Waals surface area contributed by atoms with Crippen LogP contribution in [0.3, 0.4) is 0 Å². The Morgan fingerprint density at radius 3 is 1.48 bits per heavy atom. The molecular weight excluding hydrogens is 543 g/mol. The van der Waals surface area contributed by atoms with E-state index in [1.54, 1.807) is 0 Å². The standard InChI is InChI=1S/C22H20N4O.CH4.Pt/c1-15-11-17(3)25(23-15)19-7-5-9-21(13-19)27-22-10-6-8-20(14-22)26-18(4)12-16(2)24-26;;/h5-12H,1-4H3;1H4;/q-2;;+2. The maximum Gasteiger partial charge on any atom is 2.00 e. The van der Waals surface area contributed by atoms with Crippen molar-refractivity contribution < 1.29 is 25.8 Å². The van der Waals surface area contributed by atoms with Crippen molar-refractivity contribution in [3.05, 3.63) is 83.4 Å². The Morgan fingerprint density at radius 2 is 1.14 bits per heavy atom. The van der Waals surface area contributed by atoms with Gasteiger partial charge in [0.1, 0.15) is 0 Å². The molecule has 29 heavy (non-hydrogen) atoms. The van der Waals surface area contributed by atoms with Gasteiger partial charge < -0.3 is 4.74 Å². The van der Waals surface area contributed by atoms with Crippen molar-refractivity contribution in [3.63, 3.8) is 0 Å². The fraction of sp³-hybridized carbons (Fsp3) is 0.217. The van der Waals surface area contributed by atoms with E-state index in [1.165, 1.54) is 0 Å². The summed E-state index contributed by atoms with van der Waals surface area (Å²) in [5.41, 5.74) is 5.73. The van der Waals surface area contributed by atoms with Gasteiger partial charge in [-0.1, -0.05) is 7.43 Å². The maximum absolute atomic E-state index is 6.00. The average molecular weight is 568 g/mol. The van der Waals surface area contributed by atoms with Gasteiger partial charge in [-0.05, 0) is 51.2 Å². The number of hydrogen-bond acceptors (Lipinski definition) is 3. The SMILES string of the molecule is C.Cc1cc(C)n(-c2[c-]c(Oc3[c-]c(-n4nc(C)cc4C)ccc3)ccc2)n1.[Pt+2]. The molecule has 0 amide bonds. The molecule has 0 aliphatic carbocycles. The molecule has 2 aromatic carbocycles. The first kappa shape index (κ1) is 22.6. The van der Waals surface area contributed by atoms with Crippen LogP contribution in [0.2, 0.25) is 0 Å². The van der Waals surface area contributed by atoms with E-state index >= 15 is 0 Å². The second kappa shape index (κ2) is 9.23. The summed E-state index contributed by atoms with van der Waals surface area (Å²) >= 11 is 0. The molecule has 5 nitrogen and oxygen atoms in total. The summed E-state index contributed by atoms with van der Waals surface area (Å²) in [5.74, 6) is 1.23. The van der Waals surface area contributed by atoms with E-state index < -0.39 is 0 Å². The molecule has 2 aromatic heterocycles. The first-order valence-electron chi connectivity index (χ1n) is 8.79. The number of aryl methyl sites for hydroxylation is 4. The summed E-state index contributed by atoms with van der Waals surface area (Å²) in [5, 5.41) is 9.01. The van der Waals surface area contributed by atoms with Crippen LogP contribution in [-0.2, 0) is 21.1 Å². The zero-order valence-electron chi connectivity index (χ0n) is 16.1. The van der Waals surface area contributed by atoms with Gasteiger partial charge in [-0.3, -0.25) is 9.36 Å². The van der Waals surface area contributed by atoms with Gasteiger partial charge in [0, 0.05) is 22.9 Å². The molecule has 0 unspecified atom stereocenters. The minimum atomic E-state index is 0. The third kappa shape index (κ3) is 4.86. The van der Waals surface area contributed by atoms with Gasteiger partial charge in [-0.15, -0.1) is 36.4 Å². The van der Waals surface area contributed by atoms with Crippen LogP contribution in [0.1, 0.15) is 30.2 Å². The first-order valence-corrected chi connectivity index (χ1v) is 8.79. The smallest absolute Gasteiger partial charge is 0.509 e. The monoisotopic (exact) mass is 567 g/mol. The first-order chi connectivity index (χ1) is 13.0. The van der Waals surface area contributed by atoms with Crippen LogP contribution in [0.4, 0.5) is 0 Å². The fourth-order valence-corrected chi connectivity index (χ4v) is 3.10. The quantitative estimate of drug-likeness (QED) is 0.314. The van der Waals surface area contributed by atoms with E-state index in [4.69, 9.17) is 4.74 Å². The zero-order chi connectivity index (χ0) is 19.0. The van der Waals surface area contributed by atoms with Gasteiger partial charge in [0.05, 0.1) is 11.4 Å². The molecule has 0 fully saturated rings. The average Bonchev–Trinajstić information content (AvgIpc) is 3.15. The fourth-order valence-electron chi connectivity index (χ4n) is 3.10. The van der Waals surface area contributed by atoms with Crippen LogP contribution in [0, 0.1) is 39.8 Å². The molecule has 0 radical (unpaired) electrons. The molecule has 0 saturated carbocycles. The van der Waals surface area contributed by atoms with Crippen LogP contribution in [0.15, 0.2) is 48.5 Å². The molecule has 152 valence electrons. The second-order valence-electron chi connectivity index (χ2n) is 6.58. The van der Waals surface area contributed by atoms with E-state index in [0.717, 1.165) is 34.2 Å². The molecular formula is C23H24N4OPt. The molecule has 0 aliphatic heterocycles. The summed E-state index contributed by atoms with van der Waals surface area (Å²) in [6.07, 6.45) is 0. The molecule has 4 aromatic rings. The minimum absolute atomic E-state index is 0. The van der Waals surface area contributed by atoms with E-state index in [0.29, 0.717) is 11.5 Å². The second-order valence-corrected chi connectivity index (χ2v) is 6.58. The van der Waals surface area contributed by atoms with Crippen LogP contribution < -0.4 is 4.74 Å². The van der Waals surface area contributed by atoms with Crippen molar-refractivity contribution >= 4 is 0 Å². The normalized spacial score (nSPS) is 10.2. The van der Waals surface area contributed by atoms with E-state index in [2.05, 4.69) is 22.3 Å². The van der Waals surface area contributed by atoms with Gasteiger partial charge in [0.2, 0.25) is 0 Å². The molecule has 4 rings (SSSR count). The Bertz CT molecular complexity index is 1030. The number of aromatic nitrogens is 4. The maximum atomic E-state index is 6.00. The van der Waals surface area contributed by atoms with Crippen molar-refractivity contribution in [2.24, 2.45) is 0 Å². The van der Waals surface area contributed by atoms with Crippen molar-refractivity contribution in [1.29, 1.82) is 0 Å². The minimum Gasteiger partial charge on any atom is -0.509 e. The Balaban J connectivity index is 0.00000150. The zero-order valence-corrected chi connectivity index (χ0v) is 18.4. The van der Waals surface area contributed by atoms with Crippen molar-refractivity contribution in [2.75, 3.05) is 0 Å². The third-order valence-corrected chi connectivity index (χ3v) is 4.20. The van der Waals surface area contributed by atoms with E-state index in [9.17, 15) is 0 Å². The van der Waals surface area contributed by atoms with Crippen LogP contribution in [0.25, 0.3) is 11.4 Å². The van der Waals surface area contributed by atoms with Crippen molar-refractivity contribution in [1.82, 2.24) is 19.6 Å². The molecule has 0 aliphatic rings. The predicted octanol–water partition coefficient (Wildman–Crippen LogP) is 5.32. The summed E-state index contributed by atoms with van der Waals surface area (Å²) in [6, 6.07) is 22.2. The largest absolute Gasteiger partial charge is 2.00 e. The Hall–Kier alpha value is -2.65. The predicted molar refractivity (Wildman–Crippen MR) is 111 cm³/mol. The van der Waals surface area contributed by atoms with Gasteiger partial charge in [-0.25, -0.2) is 0 Å². The third-order valence-electron chi connectivity index (χ3n) is 4.20. The van der Waals surface area contributed by atoms with E-state index in [-0.39, 0.29) is 28.5 Å². The summed E-state index contributed by atoms with van der Waals surface area (Å²) in [6.45, 7) is 7.99. The number of hydrogen-bond donors (Lipinski definition) is 0. The van der Waals surface area contributed by atoms with Crippen LogP contribution in [0.5, 0.6) is 11.5 Å². The van der Waals surface area contributed by atoms with Crippen LogP contribution in [-0.4, -0.2) is 19.6 Å². The van der Waals surface area contributed by atoms with Crippen molar-refractivity contribution in [3.8, 4) is 22.9 Å². The number of benzene rings is 2. The number of rotatable bonds is 4. The Kier molecular flexibility index (Phi) is 7.20. The molecule has 0 atom stereocenters. The Morgan fingerprint density at radius 1 is 0.724 bits per heavy atom. The van der Waals surface area contributed by atoms with Gasteiger partial charge in [-0.2, -0.15) is 22.3 Å². The molecule has 6 heteroatoms. The molecule has 0 spiro atoms. The van der Waals surface area contributed by atoms with Gasteiger partial charge >= 0.3 is 21.1 Å². The Labute approximate surface area is 186 Å². The molecule has 2 heterocycles.